The molecule has 0 unspecified atom stereocenters. The fraction of sp³-hybridized carbons (Fsp3) is 0.250. The molecular weight excluding hydrogens is 367 g/mol. The van der Waals surface area contributed by atoms with Gasteiger partial charge >= 0.3 is 5.97 Å². The monoisotopic (exact) mass is 386 g/mol. The molecule has 7 nitrogen and oxygen atoms in total. The van der Waals surface area contributed by atoms with Crippen molar-refractivity contribution in [2.24, 2.45) is 0 Å². The number of halogens is 1. The molecule has 2 N–H and O–H groups in total. The Hall–Kier alpha value is -3.42. The zero-order valence-electron chi connectivity index (χ0n) is 15.2. The lowest BCUT2D eigenvalue weighted by Gasteiger charge is -2.11. The summed E-state index contributed by atoms with van der Waals surface area (Å²) >= 11 is 0. The van der Waals surface area contributed by atoms with Gasteiger partial charge < -0.3 is 20.1 Å². The second-order valence-electron chi connectivity index (χ2n) is 6.27. The molecule has 0 bridgehead atoms. The molecular formula is C20H19FN2O5. The molecule has 2 aromatic rings. The predicted octanol–water partition coefficient (Wildman–Crippen LogP) is 2.52. The molecule has 1 aliphatic rings. The maximum absolute atomic E-state index is 13.7. The van der Waals surface area contributed by atoms with Crippen LogP contribution < -0.4 is 15.4 Å². The van der Waals surface area contributed by atoms with Crippen molar-refractivity contribution < 1.29 is 28.2 Å². The third-order valence-electron chi connectivity index (χ3n) is 4.08. The van der Waals surface area contributed by atoms with Crippen molar-refractivity contribution in [1.82, 2.24) is 5.32 Å². The van der Waals surface area contributed by atoms with E-state index in [0.29, 0.717) is 11.3 Å². The number of para-hydroxylation sites is 1. The average molecular weight is 386 g/mol. The summed E-state index contributed by atoms with van der Waals surface area (Å²) in [5.74, 6) is -2.46. The number of benzene rings is 2. The highest BCUT2D eigenvalue weighted by Gasteiger charge is 2.25. The van der Waals surface area contributed by atoms with Gasteiger partial charge in [-0.1, -0.05) is 12.1 Å². The molecule has 1 saturated carbocycles. The topological polar surface area (TPSA) is 93.7 Å². The van der Waals surface area contributed by atoms with E-state index in [2.05, 4.69) is 10.6 Å². The molecule has 1 fully saturated rings. The van der Waals surface area contributed by atoms with E-state index in [0.717, 1.165) is 18.9 Å². The summed E-state index contributed by atoms with van der Waals surface area (Å²) in [5, 5.41) is 5.40. The maximum atomic E-state index is 13.7. The van der Waals surface area contributed by atoms with Crippen molar-refractivity contribution in [3.8, 4) is 5.75 Å². The van der Waals surface area contributed by atoms with E-state index in [9.17, 15) is 18.8 Å². The number of ether oxygens (including phenoxy) is 2. The zero-order valence-corrected chi connectivity index (χ0v) is 15.2. The normalized spacial score (nSPS) is 12.8. The van der Waals surface area contributed by atoms with Crippen molar-refractivity contribution >= 4 is 23.5 Å². The third-order valence-corrected chi connectivity index (χ3v) is 4.08. The number of rotatable bonds is 7. The number of hydrogen-bond acceptors (Lipinski definition) is 5. The Labute approximate surface area is 160 Å². The molecule has 146 valence electrons. The first-order chi connectivity index (χ1) is 13.5. The van der Waals surface area contributed by atoms with Crippen LogP contribution in [0.4, 0.5) is 10.1 Å². The number of carbonyl (C=O) groups excluding carboxylic acids is 3. The van der Waals surface area contributed by atoms with Crippen LogP contribution in [-0.2, 0) is 9.53 Å². The summed E-state index contributed by atoms with van der Waals surface area (Å²) in [7, 11) is 1.31. The second kappa shape index (κ2) is 8.51. The lowest BCUT2D eigenvalue weighted by atomic mass is 10.1. The summed E-state index contributed by atoms with van der Waals surface area (Å²) in [5.41, 5.74) is 0.596. The molecule has 2 aromatic carbocycles. The van der Waals surface area contributed by atoms with Gasteiger partial charge in [-0.3, -0.25) is 9.59 Å². The van der Waals surface area contributed by atoms with Gasteiger partial charge in [-0.15, -0.1) is 0 Å². The summed E-state index contributed by atoms with van der Waals surface area (Å²) in [4.78, 5) is 36.3. The van der Waals surface area contributed by atoms with Gasteiger partial charge in [0.2, 0.25) is 0 Å². The summed E-state index contributed by atoms with van der Waals surface area (Å²) in [6.45, 7) is -0.578. The smallest absolute Gasteiger partial charge is 0.338 e. The van der Waals surface area contributed by atoms with E-state index in [1.54, 1.807) is 24.3 Å². The number of methoxy groups -OCH3 is 1. The summed E-state index contributed by atoms with van der Waals surface area (Å²) in [6.07, 6.45) is 1.89. The van der Waals surface area contributed by atoms with Gasteiger partial charge in [0.25, 0.3) is 11.8 Å². The van der Waals surface area contributed by atoms with Crippen LogP contribution in [0.25, 0.3) is 0 Å². The summed E-state index contributed by atoms with van der Waals surface area (Å²) in [6, 6.07) is 10.3. The Bertz CT molecular complexity index is 911. The quantitative estimate of drug-likeness (QED) is 0.714. The first-order valence-corrected chi connectivity index (χ1v) is 8.68. The first-order valence-electron chi connectivity index (χ1n) is 8.68. The van der Waals surface area contributed by atoms with Gasteiger partial charge in [-0.2, -0.15) is 0 Å². The van der Waals surface area contributed by atoms with Crippen LogP contribution in [0.5, 0.6) is 5.75 Å². The molecule has 0 heterocycles. The average Bonchev–Trinajstić information content (AvgIpc) is 3.50. The highest BCUT2D eigenvalue weighted by Crippen LogP contribution is 2.22. The third kappa shape index (κ3) is 4.85. The van der Waals surface area contributed by atoms with Crippen molar-refractivity contribution in [2.75, 3.05) is 19.0 Å². The Morgan fingerprint density at radius 3 is 2.57 bits per heavy atom. The Balaban J connectivity index is 1.58. The van der Waals surface area contributed by atoms with E-state index >= 15 is 0 Å². The van der Waals surface area contributed by atoms with Crippen molar-refractivity contribution in [1.29, 1.82) is 0 Å². The molecule has 0 atom stereocenters. The van der Waals surface area contributed by atoms with E-state index in [-0.39, 0.29) is 23.3 Å². The number of esters is 1. The standard InChI is InChI=1S/C20H19FN2O5/c1-27-17-9-6-12(10-15(17)21)20(26)28-11-18(24)23-16-5-3-2-4-14(16)19(25)22-13-7-8-13/h2-6,9-10,13H,7-8,11H2,1H3,(H,22,25)(H,23,24). The minimum absolute atomic E-state index is 0.00428. The fourth-order valence-corrected chi connectivity index (χ4v) is 2.48. The van der Waals surface area contributed by atoms with Gasteiger partial charge in [0.05, 0.1) is 23.9 Å². The minimum atomic E-state index is -0.850. The Morgan fingerprint density at radius 1 is 1.14 bits per heavy atom. The SMILES string of the molecule is COc1ccc(C(=O)OCC(=O)Nc2ccccc2C(=O)NC2CC2)cc1F. The first kappa shape index (κ1) is 19.3. The van der Waals surface area contributed by atoms with Crippen LogP contribution in [-0.4, -0.2) is 37.5 Å². The fourth-order valence-electron chi connectivity index (χ4n) is 2.48. The van der Waals surface area contributed by atoms with Crippen LogP contribution in [0.1, 0.15) is 33.6 Å². The number of nitrogens with one attached hydrogen (secondary N) is 2. The van der Waals surface area contributed by atoms with E-state index in [1.807, 2.05) is 0 Å². The highest BCUT2D eigenvalue weighted by atomic mass is 19.1. The molecule has 1 aliphatic carbocycles. The number of amides is 2. The molecule has 3 rings (SSSR count). The predicted molar refractivity (Wildman–Crippen MR) is 98.8 cm³/mol. The molecule has 28 heavy (non-hydrogen) atoms. The van der Waals surface area contributed by atoms with Gasteiger partial charge in [-0.05, 0) is 43.2 Å². The van der Waals surface area contributed by atoms with Gasteiger partial charge in [0.15, 0.2) is 18.2 Å². The van der Waals surface area contributed by atoms with Crippen molar-refractivity contribution in [2.45, 2.75) is 18.9 Å². The second-order valence-corrected chi connectivity index (χ2v) is 6.27. The molecule has 8 heteroatoms. The van der Waals surface area contributed by atoms with Gasteiger partial charge in [-0.25, -0.2) is 9.18 Å². The molecule has 0 saturated heterocycles. The van der Waals surface area contributed by atoms with Gasteiger partial charge in [0, 0.05) is 6.04 Å². The van der Waals surface area contributed by atoms with Crippen molar-refractivity contribution in [3.63, 3.8) is 0 Å². The molecule has 0 spiro atoms. The molecule has 0 aliphatic heterocycles. The molecule has 0 aromatic heterocycles. The van der Waals surface area contributed by atoms with E-state index in [4.69, 9.17) is 9.47 Å². The highest BCUT2D eigenvalue weighted by molar-refractivity contribution is 6.04. The van der Waals surface area contributed by atoms with Crippen LogP contribution >= 0.6 is 0 Å². The number of carbonyl (C=O) groups is 3. The van der Waals surface area contributed by atoms with Crippen LogP contribution in [0.3, 0.4) is 0 Å². The minimum Gasteiger partial charge on any atom is -0.494 e. The maximum Gasteiger partial charge on any atom is 0.338 e. The Morgan fingerprint density at radius 2 is 1.89 bits per heavy atom. The van der Waals surface area contributed by atoms with Crippen LogP contribution in [0.15, 0.2) is 42.5 Å². The van der Waals surface area contributed by atoms with Crippen LogP contribution in [0, 0.1) is 5.82 Å². The van der Waals surface area contributed by atoms with E-state index in [1.165, 1.54) is 19.2 Å². The number of hydrogen-bond donors (Lipinski definition) is 2. The zero-order chi connectivity index (χ0) is 20.1. The molecule has 0 radical (unpaired) electrons. The summed E-state index contributed by atoms with van der Waals surface area (Å²) < 4.78 is 23.3. The number of anilines is 1. The van der Waals surface area contributed by atoms with Crippen LogP contribution in [0.2, 0.25) is 0 Å². The van der Waals surface area contributed by atoms with Gasteiger partial charge in [0.1, 0.15) is 0 Å². The molecule has 2 amide bonds. The lowest BCUT2D eigenvalue weighted by molar-refractivity contribution is -0.119. The van der Waals surface area contributed by atoms with E-state index < -0.39 is 24.3 Å². The van der Waals surface area contributed by atoms with Crippen molar-refractivity contribution in [3.05, 3.63) is 59.4 Å². The Kier molecular flexibility index (Phi) is 5.88. The lowest BCUT2D eigenvalue weighted by Crippen LogP contribution is -2.28. The largest absolute Gasteiger partial charge is 0.494 e.